The predicted molar refractivity (Wildman–Crippen MR) is 112 cm³/mol. The number of hydrogen-bond donors (Lipinski definition) is 2. The third-order valence-corrected chi connectivity index (χ3v) is 7.11. The lowest BCUT2D eigenvalue weighted by Gasteiger charge is -2.33. The minimum Gasteiger partial charge on any atom is -0.367 e. The van der Waals surface area contributed by atoms with Gasteiger partial charge in [-0.1, -0.05) is 12.1 Å². The van der Waals surface area contributed by atoms with Gasteiger partial charge in [0.25, 0.3) is 11.3 Å². The van der Waals surface area contributed by atoms with Gasteiger partial charge < -0.3 is 10.2 Å². The van der Waals surface area contributed by atoms with E-state index in [9.17, 15) is 17.2 Å². The van der Waals surface area contributed by atoms with Crippen LogP contribution in [0.5, 0.6) is 0 Å². The van der Waals surface area contributed by atoms with Gasteiger partial charge in [0.05, 0.1) is 22.0 Å². The van der Waals surface area contributed by atoms with Gasteiger partial charge in [0, 0.05) is 40.3 Å². The molecule has 1 saturated heterocycles. The Morgan fingerprint density at radius 1 is 1.04 bits per heavy atom. The van der Waals surface area contributed by atoms with Crippen LogP contribution in [0.25, 0.3) is 0 Å². The molecule has 0 aliphatic carbocycles. The summed E-state index contributed by atoms with van der Waals surface area (Å²) in [7, 11) is -0.648. The topological polar surface area (TPSA) is 93.2 Å². The van der Waals surface area contributed by atoms with E-state index < -0.39 is 21.3 Å². The molecule has 1 aliphatic heterocycles. The van der Waals surface area contributed by atoms with Gasteiger partial charge in [-0.25, -0.2) is 21.2 Å². The average Bonchev–Trinajstić information content (AvgIpc) is 2.69. The van der Waals surface area contributed by atoms with Crippen molar-refractivity contribution >= 4 is 38.4 Å². The maximum Gasteiger partial charge on any atom is 0.266 e. The Balaban J connectivity index is 2.01. The monoisotopic (exact) mass is 424 g/mol. The maximum atomic E-state index is 12.3. The summed E-state index contributed by atoms with van der Waals surface area (Å²) >= 11 is -2.33. The summed E-state index contributed by atoms with van der Waals surface area (Å²) in [6.07, 6.45) is 0. The summed E-state index contributed by atoms with van der Waals surface area (Å²) in [5.41, 5.74) is 1.88. The van der Waals surface area contributed by atoms with Crippen LogP contribution in [0.2, 0.25) is 0 Å². The molecule has 0 amide bonds. The number of anilines is 3. The normalized spacial score (nSPS) is 16.2. The zero-order valence-electron chi connectivity index (χ0n) is 15.8. The third-order valence-electron chi connectivity index (χ3n) is 4.56. The van der Waals surface area contributed by atoms with Crippen molar-refractivity contribution in [2.75, 3.05) is 49.5 Å². The van der Waals surface area contributed by atoms with Crippen LogP contribution in [0.3, 0.4) is 0 Å². The van der Waals surface area contributed by atoms with Gasteiger partial charge in [-0.05, 0) is 36.4 Å². The second-order valence-corrected chi connectivity index (χ2v) is 9.51. The molecule has 0 saturated carbocycles. The van der Waals surface area contributed by atoms with Crippen LogP contribution in [0.15, 0.2) is 53.4 Å². The van der Waals surface area contributed by atoms with Gasteiger partial charge in [-0.15, -0.1) is 0 Å². The smallest absolute Gasteiger partial charge is 0.266 e. The first kappa shape index (κ1) is 20.7. The van der Waals surface area contributed by atoms with Crippen molar-refractivity contribution in [3.05, 3.63) is 48.5 Å². The van der Waals surface area contributed by atoms with E-state index in [0.29, 0.717) is 11.4 Å². The second kappa shape index (κ2) is 8.58. The fourth-order valence-corrected chi connectivity index (χ4v) is 4.61. The molecule has 2 N–H and O–H groups in total. The molecule has 152 valence electrons. The van der Waals surface area contributed by atoms with Crippen molar-refractivity contribution in [3.63, 3.8) is 0 Å². The Hall–Kier alpha value is -1.98. The molecule has 1 atom stereocenters. The van der Waals surface area contributed by atoms with Gasteiger partial charge in [0.15, 0.2) is 0 Å². The summed E-state index contributed by atoms with van der Waals surface area (Å²) in [6.45, 7) is 3.27. The van der Waals surface area contributed by atoms with E-state index in [-0.39, 0.29) is 4.90 Å². The Labute approximate surface area is 168 Å². The predicted octanol–water partition coefficient (Wildman–Crippen LogP) is 1.62. The second-order valence-electron chi connectivity index (χ2n) is 6.53. The molecule has 8 nitrogen and oxygen atoms in total. The van der Waals surface area contributed by atoms with Crippen LogP contribution >= 0.6 is 0 Å². The molecule has 0 bridgehead atoms. The van der Waals surface area contributed by atoms with E-state index >= 15 is 0 Å². The first-order chi connectivity index (χ1) is 13.3. The molecular weight excluding hydrogens is 400 g/mol. The van der Waals surface area contributed by atoms with Crippen LogP contribution in [-0.2, 0) is 21.3 Å². The van der Waals surface area contributed by atoms with Crippen LogP contribution in [-0.4, -0.2) is 61.8 Å². The highest BCUT2D eigenvalue weighted by atomic mass is 32.2. The largest absolute Gasteiger partial charge is 0.367 e. The van der Waals surface area contributed by atoms with E-state index in [1.165, 1.54) is 30.5 Å². The minimum atomic E-state index is -3.57. The zero-order chi connectivity index (χ0) is 20.3. The van der Waals surface area contributed by atoms with E-state index in [1.54, 1.807) is 18.2 Å². The van der Waals surface area contributed by atoms with E-state index in [0.717, 1.165) is 36.2 Å². The van der Waals surface area contributed by atoms with Crippen molar-refractivity contribution in [3.8, 4) is 0 Å². The quantitative estimate of drug-likeness (QED) is 0.685. The lowest BCUT2D eigenvalue weighted by molar-refractivity contribution is 0.521. The highest BCUT2D eigenvalue weighted by Gasteiger charge is 2.23. The van der Waals surface area contributed by atoms with Crippen molar-refractivity contribution in [1.29, 1.82) is 0 Å². The van der Waals surface area contributed by atoms with E-state index in [1.807, 2.05) is 18.2 Å². The number of nitrogens with zero attached hydrogens (tertiary/aromatic N) is 3. The summed E-state index contributed by atoms with van der Waals surface area (Å²) in [5, 5.41) is 3.29. The van der Waals surface area contributed by atoms with E-state index in [4.69, 9.17) is 0 Å². The Morgan fingerprint density at radius 3 is 2.21 bits per heavy atom. The fourth-order valence-electron chi connectivity index (χ4n) is 3.09. The summed E-state index contributed by atoms with van der Waals surface area (Å²) < 4.78 is 49.2. The van der Waals surface area contributed by atoms with Gasteiger partial charge in [-0.3, -0.25) is 4.55 Å². The van der Waals surface area contributed by atoms with Crippen molar-refractivity contribution < 1.29 is 17.2 Å². The first-order valence-electron chi connectivity index (χ1n) is 8.81. The Kier molecular flexibility index (Phi) is 6.36. The zero-order valence-corrected chi connectivity index (χ0v) is 17.4. The Bertz CT molecular complexity index is 942. The number of hydrogen-bond acceptors (Lipinski definition) is 5. The number of para-hydroxylation sites is 2. The van der Waals surface area contributed by atoms with E-state index in [2.05, 4.69) is 10.2 Å². The molecule has 10 heteroatoms. The maximum absolute atomic E-state index is 12.3. The lowest BCUT2D eigenvalue weighted by Crippen LogP contribution is -2.44. The molecule has 28 heavy (non-hydrogen) atoms. The fraction of sp³-hybridized carbons (Fsp3) is 0.333. The third kappa shape index (κ3) is 4.20. The van der Waals surface area contributed by atoms with Crippen LogP contribution in [0.4, 0.5) is 17.1 Å². The first-order valence-corrected chi connectivity index (χ1v) is 11.3. The van der Waals surface area contributed by atoms with Crippen LogP contribution in [0.1, 0.15) is 0 Å². The highest BCUT2D eigenvalue weighted by Crippen LogP contribution is 2.36. The van der Waals surface area contributed by atoms with Gasteiger partial charge in [-0.2, -0.15) is 0 Å². The highest BCUT2D eigenvalue weighted by molar-refractivity contribution is 7.89. The average molecular weight is 425 g/mol. The number of nitrogens with one attached hydrogen (secondary N) is 1. The summed E-state index contributed by atoms with van der Waals surface area (Å²) in [6, 6.07) is 13.4. The molecule has 1 aliphatic rings. The molecule has 1 heterocycles. The molecule has 2 aromatic carbocycles. The summed E-state index contributed by atoms with van der Waals surface area (Å²) in [4.78, 5) is 2.29. The summed E-state index contributed by atoms with van der Waals surface area (Å²) in [5.74, 6) is 0. The molecular formula is C18H24N4O4S2. The number of sulfonamides is 1. The van der Waals surface area contributed by atoms with Gasteiger partial charge in [0.1, 0.15) is 0 Å². The Morgan fingerprint density at radius 2 is 1.64 bits per heavy atom. The standard InChI is InChI=1S/C18H24N4O4S2/c1-20(2)28(25,26)16-9-7-15(8-10-16)22(27(23)24)18-6-4-3-5-17(18)21-13-11-19-12-14-21/h3-10,19H,11-14H2,1-2H3,(H,23,24). The molecule has 0 spiro atoms. The lowest BCUT2D eigenvalue weighted by atomic mass is 10.2. The number of rotatable bonds is 6. The molecule has 1 fully saturated rings. The van der Waals surface area contributed by atoms with Crippen LogP contribution < -0.4 is 14.5 Å². The molecule has 2 aromatic rings. The van der Waals surface area contributed by atoms with Crippen molar-refractivity contribution in [1.82, 2.24) is 9.62 Å². The molecule has 1 unspecified atom stereocenters. The van der Waals surface area contributed by atoms with Crippen LogP contribution in [0, 0.1) is 0 Å². The van der Waals surface area contributed by atoms with Gasteiger partial charge >= 0.3 is 0 Å². The number of benzene rings is 2. The van der Waals surface area contributed by atoms with Crippen molar-refractivity contribution in [2.24, 2.45) is 0 Å². The SMILES string of the molecule is CN(C)S(=O)(=O)c1ccc(N(c2ccccc2N2CCNCC2)S(=O)O)cc1. The number of piperazine rings is 1. The van der Waals surface area contributed by atoms with Gasteiger partial charge in [0.2, 0.25) is 10.0 Å². The molecule has 3 rings (SSSR count). The molecule has 0 radical (unpaired) electrons. The van der Waals surface area contributed by atoms with Crippen molar-refractivity contribution in [2.45, 2.75) is 4.90 Å². The minimum absolute atomic E-state index is 0.125. The molecule has 0 aromatic heterocycles.